The van der Waals surface area contributed by atoms with Gasteiger partial charge in [0.05, 0.1) is 12.6 Å². The van der Waals surface area contributed by atoms with Crippen molar-refractivity contribution in [2.75, 3.05) is 6.61 Å². The van der Waals surface area contributed by atoms with Crippen LogP contribution in [0.25, 0.3) is 0 Å². The minimum atomic E-state index is -0.962. The molecule has 6 heteroatoms. The van der Waals surface area contributed by atoms with E-state index >= 15 is 0 Å². The molecule has 0 spiro atoms. The Morgan fingerprint density at radius 1 is 1.20 bits per heavy atom. The number of carbonyl (C=O) groups is 1. The lowest BCUT2D eigenvalue weighted by atomic mass is 10.1. The first kappa shape index (κ1) is 17.8. The molecule has 1 N–H and O–H groups in total. The van der Waals surface area contributed by atoms with E-state index in [4.69, 9.17) is 4.74 Å². The maximum Gasteiger partial charge on any atom is 0.409 e. The number of ether oxygens (including phenoxy) is 1. The highest BCUT2D eigenvalue weighted by atomic mass is 32.2. The standard InChI is InChI=1S/C19H20FNO3S/c1-19(2)21(18(22)23)15(12-24-19)11-13-3-7-16(8-4-13)25-17-9-5-14(20)6-10-17/h3-10,15H,11-12H2,1-2H3,(H,22,23). The van der Waals surface area contributed by atoms with Crippen LogP contribution in [0.1, 0.15) is 19.4 Å². The third kappa shape index (κ3) is 4.14. The zero-order chi connectivity index (χ0) is 18.0. The maximum absolute atomic E-state index is 12.9. The Morgan fingerprint density at radius 3 is 2.32 bits per heavy atom. The van der Waals surface area contributed by atoms with E-state index in [0.29, 0.717) is 13.0 Å². The number of rotatable bonds is 4. The Bertz CT molecular complexity index is 746. The molecular weight excluding hydrogens is 341 g/mol. The fourth-order valence-corrected chi connectivity index (χ4v) is 3.84. The highest BCUT2D eigenvalue weighted by Crippen LogP contribution is 2.31. The van der Waals surface area contributed by atoms with Crippen molar-refractivity contribution in [2.45, 2.75) is 41.8 Å². The smallest absolute Gasteiger partial charge is 0.409 e. The van der Waals surface area contributed by atoms with Crippen LogP contribution in [0.5, 0.6) is 0 Å². The highest BCUT2D eigenvalue weighted by Gasteiger charge is 2.43. The van der Waals surface area contributed by atoms with Gasteiger partial charge in [0.25, 0.3) is 0 Å². The first-order valence-electron chi connectivity index (χ1n) is 8.04. The Morgan fingerprint density at radius 2 is 1.76 bits per heavy atom. The Kier molecular flexibility index (Phi) is 5.01. The van der Waals surface area contributed by atoms with Gasteiger partial charge in [-0.25, -0.2) is 9.18 Å². The van der Waals surface area contributed by atoms with Crippen LogP contribution in [-0.4, -0.2) is 34.5 Å². The molecule has 0 saturated carbocycles. The van der Waals surface area contributed by atoms with Gasteiger partial charge in [-0.15, -0.1) is 0 Å². The third-order valence-electron chi connectivity index (χ3n) is 4.22. The van der Waals surface area contributed by atoms with Crippen LogP contribution in [0.2, 0.25) is 0 Å². The molecule has 0 aromatic heterocycles. The zero-order valence-electron chi connectivity index (χ0n) is 14.1. The second kappa shape index (κ2) is 7.06. The fraction of sp³-hybridized carbons (Fsp3) is 0.316. The predicted molar refractivity (Wildman–Crippen MR) is 94.4 cm³/mol. The van der Waals surface area contributed by atoms with E-state index in [9.17, 15) is 14.3 Å². The topological polar surface area (TPSA) is 49.8 Å². The number of halogens is 1. The van der Waals surface area contributed by atoms with E-state index in [-0.39, 0.29) is 11.9 Å². The minimum Gasteiger partial charge on any atom is -0.465 e. The van der Waals surface area contributed by atoms with Gasteiger partial charge in [-0.2, -0.15) is 0 Å². The molecule has 1 amide bonds. The Hall–Kier alpha value is -2.05. The van der Waals surface area contributed by atoms with Crippen LogP contribution in [0.4, 0.5) is 9.18 Å². The highest BCUT2D eigenvalue weighted by molar-refractivity contribution is 7.99. The summed E-state index contributed by atoms with van der Waals surface area (Å²) in [5.74, 6) is -0.246. The number of hydrogen-bond donors (Lipinski definition) is 1. The molecule has 4 nitrogen and oxygen atoms in total. The largest absolute Gasteiger partial charge is 0.465 e. The Labute approximate surface area is 150 Å². The summed E-state index contributed by atoms with van der Waals surface area (Å²) in [5, 5.41) is 9.44. The minimum absolute atomic E-state index is 0.192. The molecule has 1 fully saturated rings. The number of benzene rings is 2. The van der Waals surface area contributed by atoms with Gasteiger partial charge in [-0.3, -0.25) is 4.90 Å². The van der Waals surface area contributed by atoms with Gasteiger partial charge in [0.15, 0.2) is 0 Å². The number of nitrogens with zero attached hydrogens (tertiary/aromatic N) is 1. The number of hydrogen-bond acceptors (Lipinski definition) is 3. The molecule has 3 rings (SSSR count). The van der Waals surface area contributed by atoms with E-state index in [0.717, 1.165) is 15.4 Å². The van der Waals surface area contributed by atoms with Crippen LogP contribution in [0.3, 0.4) is 0 Å². The quantitative estimate of drug-likeness (QED) is 0.862. The van der Waals surface area contributed by atoms with Gasteiger partial charge in [0, 0.05) is 9.79 Å². The monoisotopic (exact) mass is 361 g/mol. The van der Waals surface area contributed by atoms with Gasteiger partial charge in [0.1, 0.15) is 11.5 Å². The lowest BCUT2D eigenvalue weighted by Gasteiger charge is -2.31. The van der Waals surface area contributed by atoms with Gasteiger partial charge >= 0.3 is 6.09 Å². The molecule has 2 aromatic carbocycles. The summed E-state index contributed by atoms with van der Waals surface area (Å²) in [6, 6.07) is 14.2. The summed E-state index contributed by atoms with van der Waals surface area (Å²) in [4.78, 5) is 14.9. The molecule has 1 aliphatic heterocycles. The number of amides is 1. The molecule has 1 unspecified atom stereocenters. The van der Waals surface area contributed by atoms with Gasteiger partial charge in [0.2, 0.25) is 0 Å². The van der Waals surface area contributed by atoms with E-state index in [1.165, 1.54) is 17.0 Å². The Balaban J connectivity index is 1.66. The molecule has 25 heavy (non-hydrogen) atoms. The first-order valence-corrected chi connectivity index (χ1v) is 8.85. The van der Waals surface area contributed by atoms with Gasteiger partial charge < -0.3 is 9.84 Å². The molecule has 0 radical (unpaired) electrons. The van der Waals surface area contributed by atoms with Crippen LogP contribution >= 0.6 is 11.8 Å². The van der Waals surface area contributed by atoms with Crippen molar-refractivity contribution in [3.05, 3.63) is 59.9 Å². The van der Waals surface area contributed by atoms with Crippen molar-refractivity contribution in [1.29, 1.82) is 0 Å². The average molecular weight is 361 g/mol. The predicted octanol–water partition coefficient (Wildman–Crippen LogP) is 4.63. The molecule has 132 valence electrons. The van der Waals surface area contributed by atoms with Crippen molar-refractivity contribution >= 4 is 17.9 Å². The van der Waals surface area contributed by atoms with E-state index in [1.807, 2.05) is 24.3 Å². The summed E-state index contributed by atoms with van der Waals surface area (Å²) >= 11 is 1.56. The van der Waals surface area contributed by atoms with Crippen LogP contribution in [-0.2, 0) is 11.2 Å². The normalized spacial score (nSPS) is 19.2. The maximum atomic E-state index is 12.9. The number of carboxylic acid groups (broad SMARTS) is 1. The van der Waals surface area contributed by atoms with Crippen LogP contribution < -0.4 is 0 Å². The summed E-state index contributed by atoms with van der Waals surface area (Å²) in [5.41, 5.74) is 0.260. The summed E-state index contributed by atoms with van der Waals surface area (Å²) < 4.78 is 18.6. The van der Waals surface area contributed by atoms with Crippen molar-refractivity contribution in [3.63, 3.8) is 0 Å². The average Bonchev–Trinajstić information content (AvgIpc) is 2.86. The molecule has 1 aliphatic rings. The van der Waals surface area contributed by atoms with Crippen molar-refractivity contribution < 1.29 is 19.0 Å². The molecule has 0 aliphatic carbocycles. The molecular formula is C19H20FNO3S. The second-order valence-electron chi connectivity index (χ2n) is 6.47. The SMILES string of the molecule is CC1(C)OCC(Cc2ccc(Sc3ccc(F)cc3)cc2)N1C(=O)O. The van der Waals surface area contributed by atoms with Crippen LogP contribution in [0.15, 0.2) is 58.3 Å². The lowest BCUT2D eigenvalue weighted by molar-refractivity contribution is -0.0419. The molecule has 2 aromatic rings. The molecule has 1 heterocycles. The lowest BCUT2D eigenvalue weighted by Crippen LogP contribution is -2.47. The van der Waals surface area contributed by atoms with Crippen molar-refractivity contribution in [2.24, 2.45) is 0 Å². The first-order chi connectivity index (χ1) is 11.8. The van der Waals surface area contributed by atoms with E-state index in [1.54, 1.807) is 37.7 Å². The van der Waals surface area contributed by atoms with E-state index in [2.05, 4.69) is 0 Å². The zero-order valence-corrected chi connectivity index (χ0v) is 14.9. The van der Waals surface area contributed by atoms with Crippen molar-refractivity contribution in [3.8, 4) is 0 Å². The van der Waals surface area contributed by atoms with Crippen LogP contribution in [0, 0.1) is 5.82 Å². The molecule has 1 saturated heterocycles. The molecule has 0 bridgehead atoms. The van der Waals surface area contributed by atoms with E-state index < -0.39 is 11.8 Å². The van der Waals surface area contributed by atoms with Gasteiger partial charge in [-0.1, -0.05) is 23.9 Å². The third-order valence-corrected chi connectivity index (χ3v) is 5.24. The molecule has 1 atom stereocenters. The second-order valence-corrected chi connectivity index (χ2v) is 7.62. The summed E-state index contributed by atoms with van der Waals surface area (Å²) in [7, 11) is 0. The van der Waals surface area contributed by atoms with Crippen molar-refractivity contribution in [1.82, 2.24) is 4.90 Å². The summed E-state index contributed by atoms with van der Waals surface area (Å²) in [6.07, 6.45) is -0.354. The summed E-state index contributed by atoms with van der Waals surface area (Å²) in [6.45, 7) is 3.93. The van der Waals surface area contributed by atoms with Gasteiger partial charge in [-0.05, 0) is 62.2 Å². The fourth-order valence-electron chi connectivity index (χ4n) is 3.02.